The van der Waals surface area contributed by atoms with Crippen LogP contribution in [-0.4, -0.2) is 56.5 Å². The third-order valence-corrected chi connectivity index (χ3v) is 4.61. The molecule has 1 aliphatic heterocycles. The lowest BCUT2D eigenvalue weighted by molar-refractivity contribution is 0.0620. The van der Waals surface area contributed by atoms with Crippen LogP contribution in [0.1, 0.15) is 21.7 Å². The van der Waals surface area contributed by atoms with Crippen LogP contribution in [0.15, 0.2) is 48.7 Å². The molecule has 0 spiro atoms. The molecule has 6 heteroatoms. The molecule has 1 saturated heterocycles. The first-order valence-corrected chi connectivity index (χ1v) is 8.58. The molecule has 1 aromatic carbocycles. The Bertz CT molecular complexity index is 881. The number of hydrogen-bond donors (Lipinski definition) is 0. The van der Waals surface area contributed by atoms with Crippen molar-refractivity contribution in [3.8, 4) is 0 Å². The Morgan fingerprint density at radius 3 is 2.60 bits per heavy atom. The first-order chi connectivity index (χ1) is 12.2. The van der Waals surface area contributed by atoms with E-state index in [0.717, 1.165) is 38.4 Å². The lowest BCUT2D eigenvalue weighted by Gasteiger charge is -2.34. The largest absolute Gasteiger partial charge is 0.335 e. The highest BCUT2D eigenvalue weighted by Crippen LogP contribution is 2.13. The van der Waals surface area contributed by atoms with Crippen molar-refractivity contribution in [2.45, 2.75) is 13.5 Å². The number of fused-ring (bicyclic) bond motifs is 1. The number of carbonyl (C=O) groups is 1. The van der Waals surface area contributed by atoms with E-state index < -0.39 is 0 Å². The summed E-state index contributed by atoms with van der Waals surface area (Å²) in [4.78, 5) is 21.5. The molecule has 3 aromatic rings. The predicted octanol–water partition coefficient (Wildman–Crippen LogP) is 2.00. The first-order valence-electron chi connectivity index (χ1n) is 8.58. The van der Waals surface area contributed by atoms with Crippen LogP contribution in [0.25, 0.3) is 5.65 Å². The van der Waals surface area contributed by atoms with Gasteiger partial charge in [-0.25, -0.2) is 9.50 Å². The molecule has 3 heterocycles. The maximum atomic E-state index is 12.9. The second kappa shape index (κ2) is 6.64. The Labute approximate surface area is 146 Å². The highest BCUT2D eigenvalue weighted by molar-refractivity contribution is 5.93. The summed E-state index contributed by atoms with van der Waals surface area (Å²) in [6.07, 6.45) is 1.68. The van der Waals surface area contributed by atoms with E-state index in [9.17, 15) is 4.79 Å². The number of rotatable bonds is 3. The van der Waals surface area contributed by atoms with Gasteiger partial charge in [0.15, 0.2) is 5.65 Å². The van der Waals surface area contributed by atoms with Crippen LogP contribution in [0.3, 0.4) is 0 Å². The summed E-state index contributed by atoms with van der Waals surface area (Å²) >= 11 is 0. The van der Waals surface area contributed by atoms with Crippen LogP contribution in [-0.2, 0) is 6.54 Å². The minimum atomic E-state index is 0.0230. The van der Waals surface area contributed by atoms with Crippen LogP contribution < -0.4 is 0 Å². The van der Waals surface area contributed by atoms with Crippen molar-refractivity contribution in [3.63, 3.8) is 0 Å². The number of benzene rings is 1. The van der Waals surface area contributed by atoms with Gasteiger partial charge in [0.25, 0.3) is 5.91 Å². The van der Waals surface area contributed by atoms with Gasteiger partial charge in [-0.05, 0) is 18.6 Å². The zero-order valence-electron chi connectivity index (χ0n) is 14.3. The lowest BCUT2D eigenvalue weighted by atomic mass is 10.2. The summed E-state index contributed by atoms with van der Waals surface area (Å²) < 4.78 is 1.65. The van der Waals surface area contributed by atoms with Gasteiger partial charge in [0.1, 0.15) is 5.69 Å². The van der Waals surface area contributed by atoms with E-state index in [1.54, 1.807) is 16.8 Å². The van der Waals surface area contributed by atoms with Gasteiger partial charge in [0.2, 0.25) is 0 Å². The van der Waals surface area contributed by atoms with Crippen LogP contribution in [0, 0.1) is 6.92 Å². The third kappa shape index (κ3) is 3.25. The molecular weight excluding hydrogens is 314 g/mol. The van der Waals surface area contributed by atoms with E-state index in [1.165, 1.54) is 5.56 Å². The van der Waals surface area contributed by atoms with Gasteiger partial charge in [-0.1, -0.05) is 30.3 Å². The summed E-state index contributed by atoms with van der Waals surface area (Å²) in [5.41, 5.74) is 3.46. The van der Waals surface area contributed by atoms with Gasteiger partial charge in [-0.2, -0.15) is 5.10 Å². The molecule has 0 bridgehead atoms. The fourth-order valence-corrected chi connectivity index (χ4v) is 3.28. The molecule has 0 radical (unpaired) electrons. The summed E-state index contributed by atoms with van der Waals surface area (Å²) in [5, 5.41) is 4.40. The molecule has 0 saturated carbocycles. The molecule has 1 fully saturated rings. The van der Waals surface area contributed by atoms with Crippen molar-refractivity contribution in [3.05, 3.63) is 65.6 Å². The SMILES string of the molecule is Cc1cc2nccc(C(=O)N3CCN(Cc4ccccc4)CC3)n2n1. The average Bonchev–Trinajstić information content (AvgIpc) is 3.03. The van der Waals surface area contributed by atoms with E-state index in [4.69, 9.17) is 0 Å². The Morgan fingerprint density at radius 1 is 1.08 bits per heavy atom. The van der Waals surface area contributed by atoms with Crippen molar-refractivity contribution >= 4 is 11.6 Å². The summed E-state index contributed by atoms with van der Waals surface area (Å²) in [6.45, 7) is 6.07. The van der Waals surface area contributed by atoms with E-state index >= 15 is 0 Å². The molecule has 2 aromatic heterocycles. The fraction of sp³-hybridized carbons (Fsp3) is 0.316. The fourth-order valence-electron chi connectivity index (χ4n) is 3.28. The molecule has 1 amide bonds. The van der Waals surface area contributed by atoms with Gasteiger partial charge < -0.3 is 4.90 Å². The predicted molar refractivity (Wildman–Crippen MR) is 95.3 cm³/mol. The zero-order chi connectivity index (χ0) is 17.2. The monoisotopic (exact) mass is 335 g/mol. The van der Waals surface area contributed by atoms with Crippen molar-refractivity contribution in [2.75, 3.05) is 26.2 Å². The zero-order valence-corrected chi connectivity index (χ0v) is 14.3. The normalized spacial score (nSPS) is 15.6. The van der Waals surface area contributed by atoms with Gasteiger partial charge in [0.05, 0.1) is 5.69 Å². The van der Waals surface area contributed by atoms with Gasteiger partial charge in [-0.3, -0.25) is 9.69 Å². The number of nitrogens with zero attached hydrogens (tertiary/aromatic N) is 5. The second-order valence-corrected chi connectivity index (χ2v) is 6.44. The van der Waals surface area contributed by atoms with Gasteiger partial charge >= 0.3 is 0 Å². The first kappa shape index (κ1) is 15.8. The van der Waals surface area contributed by atoms with Crippen molar-refractivity contribution in [1.29, 1.82) is 0 Å². The molecule has 4 rings (SSSR count). The Morgan fingerprint density at radius 2 is 1.84 bits per heavy atom. The molecule has 0 N–H and O–H groups in total. The molecule has 0 atom stereocenters. The van der Waals surface area contributed by atoms with E-state index in [-0.39, 0.29) is 5.91 Å². The maximum Gasteiger partial charge on any atom is 0.272 e. The average molecular weight is 335 g/mol. The summed E-state index contributed by atoms with van der Waals surface area (Å²) in [5.74, 6) is 0.0230. The Hall–Kier alpha value is -2.73. The number of aromatic nitrogens is 3. The molecular formula is C19H21N5O. The smallest absolute Gasteiger partial charge is 0.272 e. The summed E-state index contributed by atoms with van der Waals surface area (Å²) in [7, 11) is 0. The van der Waals surface area contributed by atoms with Crippen LogP contribution >= 0.6 is 0 Å². The molecule has 0 unspecified atom stereocenters. The molecule has 0 aliphatic carbocycles. The quantitative estimate of drug-likeness (QED) is 0.735. The van der Waals surface area contributed by atoms with Crippen LogP contribution in [0.2, 0.25) is 0 Å². The minimum absolute atomic E-state index is 0.0230. The van der Waals surface area contributed by atoms with Gasteiger partial charge in [-0.15, -0.1) is 0 Å². The van der Waals surface area contributed by atoms with Crippen LogP contribution in [0.5, 0.6) is 0 Å². The van der Waals surface area contributed by atoms with Crippen molar-refractivity contribution in [2.24, 2.45) is 0 Å². The highest BCUT2D eigenvalue weighted by Gasteiger charge is 2.24. The number of piperazine rings is 1. The summed E-state index contributed by atoms with van der Waals surface area (Å²) in [6, 6.07) is 14.1. The Balaban J connectivity index is 1.44. The molecule has 128 valence electrons. The molecule has 6 nitrogen and oxygen atoms in total. The molecule has 25 heavy (non-hydrogen) atoms. The van der Waals surface area contributed by atoms with Crippen molar-refractivity contribution in [1.82, 2.24) is 24.4 Å². The topological polar surface area (TPSA) is 53.7 Å². The van der Waals surface area contributed by atoms with Crippen LogP contribution in [0.4, 0.5) is 0 Å². The maximum absolute atomic E-state index is 12.9. The highest BCUT2D eigenvalue weighted by atomic mass is 16.2. The second-order valence-electron chi connectivity index (χ2n) is 6.44. The molecule has 1 aliphatic rings. The van der Waals surface area contributed by atoms with E-state index in [2.05, 4.69) is 39.2 Å². The minimum Gasteiger partial charge on any atom is -0.335 e. The number of aryl methyl sites for hydroxylation is 1. The Kier molecular flexibility index (Phi) is 4.19. The van der Waals surface area contributed by atoms with Crippen molar-refractivity contribution < 1.29 is 4.79 Å². The number of carbonyl (C=O) groups excluding carboxylic acids is 1. The number of hydrogen-bond acceptors (Lipinski definition) is 4. The van der Waals surface area contributed by atoms with E-state index in [0.29, 0.717) is 11.3 Å². The standard InChI is InChI=1S/C19H21N5O/c1-15-13-18-20-8-7-17(24(18)21-15)19(25)23-11-9-22(10-12-23)14-16-5-3-2-4-6-16/h2-8,13H,9-12,14H2,1H3. The number of amides is 1. The lowest BCUT2D eigenvalue weighted by Crippen LogP contribution is -2.48. The van der Waals surface area contributed by atoms with E-state index in [1.807, 2.05) is 24.0 Å². The van der Waals surface area contributed by atoms with Gasteiger partial charge in [0, 0.05) is 45.0 Å². The third-order valence-electron chi connectivity index (χ3n) is 4.61.